The number of hydrogen-bond acceptors (Lipinski definition) is 4. The fourth-order valence-electron chi connectivity index (χ4n) is 2.51. The predicted molar refractivity (Wildman–Crippen MR) is 69.4 cm³/mol. The van der Waals surface area contributed by atoms with Crippen LogP contribution in [-0.4, -0.2) is 55.0 Å². The number of likely N-dealkylation sites (tertiary alicyclic amines) is 1. The maximum atomic E-state index is 5.22. The highest BCUT2D eigenvalue weighted by atomic mass is 16.5. The largest absolute Gasteiger partial charge is 0.384 e. The number of methoxy groups -OCH3 is 2. The van der Waals surface area contributed by atoms with E-state index >= 15 is 0 Å². The third kappa shape index (κ3) is 3.54. The van der Waals surface area contributed by atoms with E-state index in [9.17, 15) is 0 Å². The molecule has 1 aliphatic rings. The van der Waals surface area contributed by atoms with Crippen molar-refractivity contribution in [2.24, 2.45) is 5.92 Å². The molecule has 1 aromatic heterocycles. The molecule has 1 atom stereocenters. The minimum absolute atomic E-state index is 0.678. The second-order valence-corrected chi connectivity index (χ2v) is 4.87. The second-order valence-electron chi connectivity index (χ2n) is 4.87. The van der Waals surface area contributed by atoms with Crippen LogP contribution in [0.15, 0.2) is 12.4 Å². The first kappa shape index (κ1) is 13.5. The highest BCUT2D eigenvalue weighted by Gasteiger charge is 2.23. The van der Waals surface area contributed by atoms with Gasteiger partial charge in [-0.05, 0) is 18.9 Å². The summed E-state index contributed by atoms with van der Waals surface area (Å²) in [6, 6.07) is 0. The second kappa shape index (κ2) is 6.87. The van der Waals surface area contributed by atoms with Crippen molar-refractivity contribution in [1.82, 2.24) is 14.5 Å². The predicted octanol–water partition coefficient (Wildman–Crippen LogP) is 0.998. The van der Waals surface area contributed by atoms with Gasteiger partial charge < -0.3 is 14.0 Å². The van der Waals surface area contributed by atoms with E-state index in [1.807, 2.05) is 12.4 Å². The molecule has 0 spiro atoms. The number of hydrogen-bond donors (Lipinski definition) is 0. The lowest BCUT2D eigenvalue weighted by molar-refractivity contribution is 0.152. The van der Waals surface area contributed by atoms with Crippen molar-refractivity contribution in [2.45, 2.75) is 19.5 Å². The first-order valence-electron chi connectivity index (χ1n) is 6.53. The molecule has 0 radical (unpaired) electrons. The monoisotopic (exact) mass is 253 g/mol. The van der Waals surface area contributed by atoms with Crippen LogP contribution >= 0.6 is 0 Å². The van der Waals surface area contributed by atoms with Crippen LogP contribution in [0.3, 0.4) is 0 Å². The van der Waals surface area contributed by atoms with Gasteiger partial charge in [-0.15, -0.1) is 0 Å². The summed E-state index contributed by atoms with van der Waals surface area (Å²) in [6.07, 6.45) is 5.12. The van der Waals surface area contributed by atoms with Crippen LogP contribution < -0.4 is 0 Å². The smallest absolute Gasteiger partial charge is 0.122 e. The molecular weight excluding hydrogens is 230 g/mol. The van der Waals surface area contributed by atoms with Gasteiger partial charge in [0.1, 0.15) is 5.82 Å². The molecule has 0 aliphatic carbocycles. The number of nitrogens with zero attached hydrogens (tertiary/aromatic N) is 3. The van der Waals surface area contributed by atoms with E-state index in [-0.39, 0.29) is 0 Å². The summed E-state index contributed by atoms with van der Waals surface area (Å²) in [5.41, 5.74) is 0. The Hall–Kier alpha value is -0.910. The Morgan fingerprint density at radius 3 is 3.06 bits per heavy atom. The quantitative estimate of drug-likeness (QED) is 0.727. The van der Waals surface area contributed by atoms with E-state index in [0.29, 0.717) is 5.92 Å². The van der Waals surface area contributed by atoms with E-state index < -0.39 is 0 Å². The Morgan fingerprint density at radius 2 is 2.28 bits per heavy atom. The Bertz CT molecular complexity index is 354. The molecule has 0 saturated carbocycles. The highest BCUT2D eigenvalue weighted by molar-refractivity contribution is 4.93. The summed E-state index contributed by atoms with van der Waals surface area (Å²) in [5, 5.41) is 0. The summed E-state index contributed by atoms with van der Waals surface area (Å²) >= 11 is 0. The van der Waals surface area contributed by atoms with Gasteiger partial charge in [0.25, 0.3) is 0 Å². The average Bonchev–Trinajstić information content (AvgIpc) is 2.98. The molecule has 1 aliphatic heterocycles. The third-order valence-electron chi connectivity index (χ3n) is 3.48. The van der Waals surface area contributed by atoms with Crippen molar-refractivity contribution < 1.29 is 9.47 Å². The zero-order valence-electron chi connectivity index (χ0n) is 11.3. The Morgan fingerprint density at radius 1 is 1.39 bits per heavy atom. The van der Waals surface area contributed by atoms with Crippen LogP contribution in [0.2, 0.25) is 0 Å². The molecule has 1 saturated heterocycles. The SMILES string of the molecule is COCCn1ccnc1CN1CC[C@@H](COC)C1. The van der Waals surface area contributed by atoms with Crippen molar-refractivity contribution in [3.05, 3.63) is 18.2 Å². The molecule has 18 heavy (non-hydrogen) atoms. The fourth-order valence-corrected chi connectivity index (χ4v) is 2.51. The molecule has 2 heterocycles. The van der Waals surface area contributed by atoms with Gasteiger partial charge in [0, 0.05) is 39.7 Å². The van der Waals surface area contributed by atoms with Crippen LogP contribution in [0.1, 0.15) is 12.2 Å². The summed E-state index contributed by atoms with van der Waals surface area (Å²) < 4.78 is 12.5. The van der Waals surface area contributed by atoms with Crippen molar-refractivity contribution in [1.29, 1.82) is 0 Å². The minimum Gasteiger partial charge on any atom is -0.384 e. The number of aromatic nitrogens is 2. The van der Waals surface area contributed by atoms with Crippen molar-refractivity contribution in [3.8, 4) is 0 Å². The van der Waals surface area contributed by atoms with Gasteiger partial charge in [-0.2, -0.15) is 0 Å². The molecule has 1 aromatic rings. The van der Waals surface area contributed by atoms with Gasteiger partial charge in [0.2, 0.25) is 0 Å². The summed E-state index contributed by atoms with van der Waals surface area (Å²) in [5.74, 6) is 1.81. The molecular formula is C13H23N3O2. The minimum atomic E-state index is 0.678. The lowest BCUT2D eigenvalue weighted by Gasteiger charge is -2.16. The van der Waals surface area contributed by atoms with Gasteiger partial charge in [-0.3, -0.25) is 4.90 Å². The molecule has 0 amide bonds. The lowest BCUT2D eigenvalue weighted by Crippen LogP contribution is -2.23. The molecule has 1 fully saturated rings. The Labute approximate surface area is 109 Å². The van der Waals surface area contributed by atoms with E-state index in [0.717, 1.165) is 45.2 Å². The van der Waals surface area contributed by atoms with Gasteiger partial charge in [0.15, 0.2) is 0 Å². The fraction of sp³-hybridized carbons (Fsp3) is 0.769. The van der Waals surface area contributed by atoms with Crippen molar-refractivity contribution in [3.63, 3.8) is 0 Å². The van der Waals surface area contributed by atoms with Crippen molar-refractivity contribution >= 4 is 0 Å². The first-order chi connectivity index (χ1) is 8.83. The van der Waals surface area contributed by atoms with E-state index in [4.69, 9.17) is 9.47 Å². The zero-order chi connectivity index (χ0) is 12.8. The Kier molecular flexibility index (Phi) is 5.16. The maximum Gasteiger partial charge on any atom is 0.122 e. The highest BCUT2D eigenvalue weighted by Crippen LogP contribution is 2.18. The summed E-state index contributed by atoms with van der Waals surface area (Å²) in [4.78, 5) is 6.89. The van der Waals surface area contributed by atoms with Crippen LogP contribution in [0.25, 0.3) is 0 Å². The molecule has 0 N–H and O–H groups in total. The standard InChI is InChI=1S/C13H23N3O2/c1-17-8-7-16-6-4-14-13(16)10-15-5-3-12(9-15)11-18-2/h4,6,12H,3,5,7-11H2,1-2H3/t12-/m1/s1. The topological polar surface area (TPSA) is 39.5 Å². The van der Waals surface area contributed by atoms with Gasteiger partial charge in [-0.25, -0.2) is 4.98 Å². The lowest BCUT2D eigenvalue weighted by atomic mass is 10.1. The number of imidazole rings is 1. The van der Waals surface area contributed by atoms with Crippen molar-refractivity contribution in [2.75, 3.05) is 40.5 Å². The molecule has 2 rings (SSSR count). The van der Waals surface area contributed by atoms with E-state index in [1.165, 1.54) is 6.42 Å². The first-order valence-corrected chi connectivity index (χ1v) is 6.53. The molecule has 0 aromatic carbocycles. The third-order valence-corrected chi connectivity index (χ3v) is 3.48. The normalized spacial score (nSPS) is 20.7. The van der Waals surface area contributed by atoms with Crippen LogP contribution in [0.5, 0.6) is 0 Å². The molecule has 102 valence electrons. The summed E-state index contributed by atoms with van der Waals surface area (Å²) in [7, 11) is 3.51. The van der Waals surface area contributed by atoms with Gasteiger partial charge in [-0.1, -0.05) is 0 Å². The van der Waals surface area contributed by atoms with E-state index in [1.54, 1.807) is 14.2 Å². The van der Waals surface area contributed by atoms with Gasteiger partial charge >= 0.3 is 0 Å². The Balaban J connectivity index is 1.84. The zero-order valence-corrected chi connectivity index (χ0v) is 11.3. The summed E-state index contributed by atoms with van der Waals surface area (Å²) in [6.45, 7) is 5.67. The molecule has 5 heteroatoms. The van der Waals surface area contributed by atoms with Crippen LogP contribution in [0.4, 0.5) is 0 Å². The van der Waals surface area contributed by atoms with Crippen LogP contribution in [0, 0.1) is 5.92 Å². The maximum absolute atomic E-state index is 5.22. The van der Waals surface area contributed by atoms with Crippen LogP contribution in [-0.2, 0) is 22.6 Å². The molecule has 5 nitrogen and oxygen atoms in total. The number of ether oxygens (including phenoxy) is 2. The number of rotatable bonds is 7. The van der Waals surface area contributed by atoms with E-state index in [2.05, 4.69) is 14.5 Å². The van der Waals surface area contributed by atoms with Gasteiger partial charge in [0.05, 0.1) is 19.8 Å². The average molecular weight is 253 g/mol. The molecule has 0 unspecified atom stereocenters. The molecule has 0 bridgehead atoms.